The molecule has 0 aliphatic heterocycles. The van der Waals surface area contributed by atoms with Crippen LogP contribution < -0.4 is 4.74 Å². The third kappa shape index (κ3) is 3.72. The molecule has 0 spiro atoms. The fourth-order valence-electron chi connectivity index (χ4n) is 3.96. The summed E-state index contributed by atoms with van der Waals surface area (Å²) in [5.74, 6) is -0.178. The first-order valence-electron chi connectivity index (χ1n) is 9.98. The quantitative estimate of drug-likeness (QED) is 0.515. The summed E-state index contributed by atoms with van der Waals surface area (Å²) in [4.78, 5) is 40.6. The van der Waals surface area contributed by atoms with Crippen molar-refractivity contribution in [1.29, 1.82) is 0 Å². The molecule has 1 aromatic heterocycles. The lowest BCUT2D eigenvalue weighted by Crippen LogP contribution is -2.45. The van der Waals surface area contributed by atoms with Crippen LogP contribution >= 0.6 is 0 Å². The van der Waals surface area contributed by atoms with Crippen molar-refractivity contribution in [3.63, 3.8) is 0 Å². The van der Waals surface area contributed by atoms with E-state index in [0.29, 0.717) is 33.8 Å². The average molecular weight is 412 g/mol. The molecule has 3 rings (SSSR count). The second-order valence-corrected chi connectivity index (χ2v) is 7.70. The van der Waals surface area contributed by atoms with E-state index in [-0.39, 0.29) is 17.7 Å². The molecule has 1 aliphatic rings. The Kier molecular flexibility index (Phi) is 6.01. The fourth-order valence-corrected chi connectivity index (χ4v) is 3.96. The SMILES string of the molecule is COC(=O)c1c(C)c(C(=O)[C@H](C)N(C(=O)c2ccc(OC)cc2)C2CC2)c(C)n1C. The molecule has 0 N–H and O–H groups in total. The van der Waals surface area contributed by atoms with E-state index >= 15 is 0 Å². The predicted molar refractivity (Wildman–Crippen MR) is 112 cm³/mol. The number of Topliss-reactive ketones (excluding diaryl/α,β-unsaturated/α-hetero) is 1. The van der Waals surface area contributed by atoms with Gasteiger partial charge in [-0.2, -0.15) is 0 Å². The van der Waals surface area contributed by atoms with E-state index in [1.165, 1.54) is 7.11 Å². The third-order valence-electron chi connectivity index (χ3n) is 5.86. The van der Waals surface area contributed by atoms with Crippen molar-refractivity contribution in [3.05, 3.63) is 52.3 Å². The van der Waals surface area contributed by atoms with Crippen molar-refractivity contribution in [2.75, 3.05) is 14.2 Å². The second-order valence-electron chi connectivity index (χ2n) is 7.70. The summed E-state index contributed by atoms with van der Waals surface area (Å²) in [5, 5.41) is 0. The van der Waals surface area contributed by atoms with Crippen LogP contribution in [0.5, 0.6) is 5.75 Å². The maximum absolute atomic E-state index is 13.5. The summed E-state index contributed by atoms with van der Waals surface area (Å²) in [5.41, 5.74) is 2.59. The van der Waals surface area contributed by atoms with Gasteiger partial charge < -0.3 is 18.9 Å². The summed E-state index contributed by atoms with van der Waals surface area (Å²) in [6.45, 7) is 5.30. The van der Waals surface area contributed by atoms with Gasteiger partial charge in [0.15, 0.2) is 5.78 Å². The molecule has 1 aliphatic carbocycles. The Labute approximate surface area is 176 Å². The molecule has 1 aromatic carbocycles. The minimum Gasteiger partial charge on any atom is -0.497 e. The molecule has 1 heterocycles. The lowest BCUT2D eigenvalue weighted by Gasteiger charge is -2.29. The lowest BCUT2D eigenvalue weighted by molar-refractivity contribution is 0.0587. The van der Waals surface area contributed by atoms with Gasteiger partial charge in [-0.05, 0) is 63.4 Å². The third-order valence-corrected chi connectivity index (χ3v) is 5.86. The molecular formula is C23H28N2O5. The normalized spacial score (nSPS) is 14.2. The molecule has 1 fully saturated rings. The number of benzene rings is 1. The Morgan fingerprint density at radius 2 is 1.70 bits per heavy atom. The number of aromatic nitrogens is 1. The molecule has 1 atom stereocenters. The van der Waals surface area contributed by atoms with Crippen LogP contribution in [0.1, 0.15) is 62.2 Å². The molecule has 2 aromatic rings. The number of amides is 1. The maximum atomic E-state index is 13.5. The van der Waals surface area contributed by atoms with E-state index in [2.05, 4.69) is 0 Å². The Morgan fingerprint density at radius 3 is 2.20 bits per heavy atom. The number of ketones is 1. The zero-order chi connectivity index (χ0) is 22.2. The van der Waals surface area contributed by atoms with Crippen LogP contribution in [-0.4, -0.2) is 53.4 Å². The van der Waals surface area contributed by atoms with Crippen LogP contribution in [0.4, 0.5) is 0 Å². The molecule has 0 bridgehead atoms. The Hall–Kier alpha value is -3.09. The summed E-state index contributed by atoms with van der Waals surface area (Å²) in [6, 6.07) is 6.28. The molecule has 0 unspecified atom stereocenters. The molecule has 7 heteroatoms. The average Bonchev–Trinajstić information content (AvgIpc) is 3.55. The van der Waals surface area contributed by atoms with Gasteiger partial charge >= 0.3 is 5.97 Å². The molecule has 30 heavy (non-hydrogen) atoms. The number of carbonyl (C=O) groups is 3. The summed E-state index contributed by atoms with van der Waals surface area (Å²) >= 11 is 0. The van der Waals surface area contributed by atoms with Gasteiger partial charge in [0.2, 0.25) is 0 Å². The van der Waals surface area contributed by atoms with Crippen molar-refractivity contribution < 1.29 is 23.9 Å². The number of hydrogen-bond donors (Lipinski definition) is 0. The highest BCUT2D eigenvalue weighted by Gasteiger charge is 2.40. The van der Waals surface area contributed by atoms with Crippen LogP contribution in [0, 0.1) is 13.8 Å². The zero-order valence-electron chi connectivity index (χ0n) is 18.3. The van der Waals surface area contributed by atoms with Crippen molar-refractivity contribution in [2.24, 2.45) is 7.05 Å². The highest BCUT2D eigenvalue weighted by Crippen LogP contribution is 2.33. The van der Waals surface area contributed by atoms with E-state index < -0.39 is 12.0 Å². The van der Waals surface area contributed by atoms with Crippen molar-refractivity contribution >= 4 is 17.7 Å². The van der Waals surface area contributed by atoms with E-state index in [9.17, 15) is 14.4 Å². The number of carbonyl (C=O) groups excluding carboxylic acids is 3. The number of methoxy groups -OCH3 is 2. The monoisotopic (exact) mass is 412 g/mol. The van der Waals surface area contributed by atoms with Gasteiger partial charge in [-0.3, -0.25) is 9.59 Å². The molecular weight excluding hydrogens is 384 g/mol. The Bertz CT molecular complexity index is 986. The van der Waals surface area contributed by atoms with Crippen LogP contribution in [0.15, 0.2) is 24.3 Å². The number of ether oxygens (including phenoxy) is 2. The first kappa shape index (κ1) is 21.6. The predicted octanol–water partition coefficient (Wildman–Crippen LogP) is 3.31. The minimum atomic E-state index is -0.655. The van der Waals surface area contributed by atoms with Gasteiger partial charge in [0.25, 0.3) is 5.91 Å². The molecule has 7 nitrogen and oxygen atoms in total. The first-order chi connectivity index (χ1) is 14.2. The fraction of sp³-hybridized carbons (Fsp3) is 0.435. The highest BCUT2D eigenvalue weighted by molar-refractivity contribution is 6.07. The van der Waals surface area contributed by atoms with E-state index in [4.69, 9.17) is 9.47 Å². The summed E-state index contributed by atoms with van der Waals surface area (Å²) in [6.07, 6.45) is 1.75. The van der Waals surface area contributed by atoms with E-state index in [1.807, 2.05) is 0 Å². The van der Waals surface area contributed by atoms with Gasteiger partial charge in [-0.15, -0.1) is 0 Å². The second kappa shape index (κ2) is 8.34. The molecule has 1 saturated carbocycles. The van der Waals surface area contributed by atoms with Gasteiger partial charge in [0.05, 0.1) is 20.3 Å². The van der Waals surface area contributed by atoms with Crippen molar-refractivity contribution in [1.82, 2.24) is 9.47 Å². The Balaban J connectivity index is 1.95. The minimum absolute atomic E-state index is 0.0444. The van der Waals surface area contributed by atoms with Crippen molar-refractivity contribution in [3.8, 4) is 5.75 Å². The maximum Gasteiger partial charge on any atom is 0.354 e. The van der Waals surface area contributed by atoms with Crippen LogP contribution in [0.25, 0.3) is 0 Å². The number of esters is 1. The van der Waals surface area contributed by atoms with Crippen LogP contribution in [0.2, 0.25) is 0 Å². The highest BCUT2D eigenvalue weighted by atomic mass is 16.5. The molecule has 160 valence electrons. The van der Waals surface area contributed by atoms with E-state index in [0.717, 1.165) is 12.8 Å². The number of nitrogens with zero attached hydrogens (tertiary/aromatic N) is 2. The number of rotatable bonds is 7. The first-order valence-corrected chi connectivity index (χ1v) is 9.98. The molecule has 1 amide bonds. The lowest BCUT2D eigenvalue weighted by atomic mass is 9.99. The zero-order valence-corrected chi connectivity index (χ0v) is 18.3. The number of hydrogen-bond acceptors (Lipinski definition) is 5. The van der Waals surface area contributed by atoms with E-state index in [1.54, 1.807) is 68.7 Å². The molecule has 0 saturated heterocycles. The largest absolute Gasteiger partial charge is 0.497 e. The summed E-state index contributed by atoms with van der Waals surface area (Å²) in [7, 11) is 4.62. The van der Waals surface area contributed by atoms with Crippen LogP contribution in [-0.2, 0) is 11.8 Å². The Morgan fingerprint density at radius 1 is 1.10 bits per heavy atom. The summed E-state index contributed by atoms with van der Waals surface area (Å²) < 4.78 is 11.7. The van der Waals surface area contributed by atoms with Crippen molar-refractivity contribution in [2.45, 2.75) is 45.7 Å². The topological polar surface area (TPSA) is 77.8 Å². The van der Waals surface area contributed by atoms with Gasteiger partial charge in [0, 0.05) is 29.9 Å². The van der Waals surface area contributed by atoms with Crippen LogP contribution in [0.3, 0.4) is 0 Å². The smallest absolute Gasteiger partial charge is 0.354 e. The van der Waals surface area contributed by atoms with Gasteiger partial charge in [-0.25, -0.2) is 4.79 Å². The van der Waals surface area contributed by atoms with Gasteiger partial charge in [0.1, 0.15) is 11.4 Å². The standard InChI is InChI=1S/C23H28N2O5/c1-13-19(14(2)24(4)20(13)23(28)30-6)21(26)15(3)25(17-9-10-17)22(27)16-7-11-18(29-5)12-8-16/h7-8,11-12,15,17H,9-10H2,1-6H3/t15-/m0/s1. The molecule has 0 radical (unpaired) electrons. The van der Waals surface area contributed by atoms with Gasteiger partial charge in [-0.1, -0.05) is 0 Å².